The molecule has 0 bridgehead atoms. The number of non-ortho nitro benzene ring substituents is 1. The lowest BCUT2D eigenvalue weighted by Gasteiger charge is -2.20. The molecule has 0 radical (unpaired) electrons. The van der Waals surface area contributed by atoms with E-state index in [-0.39, 0.29) is 23.9 Å². The SMILES string of the molecule is O=C(CC(Nc1ccc([N+](=O)[O-])cc1)c1cccc(Br)c1)c1ccccc1. The molecular formula is C21H17BrN2O3. The second-order valence-electron chi connectivity index (χ2n) is 6.05. The number of carbonyl (C=O) groups excluding carboxylic acids is 1. The summed E-state index contributed by atoms with van der Waals surface area (Å²) in [6.45, 7) is 0. The van der Waals surface area contributed by atoms with E-state index in [2.05, 4.69) is 21.2 Å². The van der Waals surface area contributed by atoms with Crippen molar-refractivity contribution < 1.29 is 9.72 Å². The topological polar surface area (TPSA) is 72.2 Å². The zero-order valence-corrected chi connectivity index (χ0v) is 15.9. The highest BCUT2D eigenvalue weighted by atomic mass is 79.9. The molecule has 27 heavy (non-hydrogen) atoms. The average molecular weight is 425 g/mol. The van der Waals surface area contributed by atoms with E-state index in [0.29, 0.717) is 11.3 Å². The van der Waals surface area contributed by atoms with Gasteiger partial charge in [0.2, 0.25) is 0 Å². The predicted molar refractivity (Wildman–Crippen MR) is 109 cm³/mol. The van der Waals surface area contributed by atoms with Crippen LogP contribution in [-0.2, 0) is 0 Å². The molecule has 0 spiro atoms. The lowest BCUT2D eigenvalue weighted by molar-refractivity contribution is -0.384. The minimum absolute atomic E-state index is 0.0231. The molecule has 0 heterocycles. The lowest BCUT2D eigenvalue weighted by atomic mass is 9.97. The molecule has 0 fully saturated rings. The number of benzene rings is 3. The number of carbonyl (C=O) groups is 1. The van der Waals surface area contributed by atoms with Gasteiger partial charge in [-0.25, -0.2) is 0 Å². The van der Waals surface area contributed by atoms with Crippen molar-refractivity contribution in [2.45, 2.75) is 12.5 Å². The quantitative estimate of drug-likeness (QED) is 0.296. The number of hydrogen-bond acceptors (Lipinski definition) is 4. The summed E-state index contributed by atoms with van der Waals surface area (Å²) in [5.41, 5.74) is 2.35. The zero-order valence-electron chi connectivity index (χ0n) is 14.3. The highest BCUT2D eigenvalue weighted by Gasteiger charge is 2.18. The molecule has 3 aromatic rings. The van der Waals surface area contributed by atoms with Crippen LogP contribution in [0.3, 0.4) is 0 Å². The third-order valence-corrected chi connectivity index (χ3v) is 4.65. The lowest BCUT2D eigenvalue weighted by Crippen LogP contribution is -2.16. The largest absolute Gasteiger partial charge is 0.378 e. The number of nitro groups is 1. The van der Waals surface area contributed by atoms with Gasteiger partial charge in [0.05, 0.1) is 11.0 Å². The van der Waals surface area contributed by atoms with Crippen LogP contribution >= 0.6 is 15.9 Å². The monoisotopic (exact) mass is 424 g/mol. The molecular weight excluding hydrogens is 408 g/mol. The number of nitrogens with zero attached hydrogens (tertiary/aromatic N) is 1. The molecule has 3 rings (SSSR count). The number of Topliss-reactive ketones (excluding diaryl/α,β-unsaturated/α-hetero) is 1. The van der Waals surface area contributed by atoms with E-state index < -0.39 is 4.92 Å². The first-order chi connectivity index (χ1) is 13.0. The van der Waals surface area contributed by atoms with Crippen LogP contribution in [0.15, 0.2) is 83.3 Å². The summed E-state index contributed by atoms with van der Waals surface area (Å²) in [4.78, 5) is 23.1. The van der Waals surface area contributed by atoms with Crippen LogP contribution in [0.25, 0.3) is 0 Å². The smallest absolute Gasteiger partial charge is 0.269 e. The second-order valence-corrected chi connectivity index (χ2v) is 6.96. The van der Waals surface area contributed by atoms with E-state index in [1.807, 2.05) is 42.5 Å². The Bertz CT molecular complexity index is 943. The Morgan fingerprint density at radius 2 is 1.70 bits per heavy atom. The minimum atomic E-state index is -0.436. The van der Waals surface area contributed by atoms with Crippen LogP contribution < -0.4 is 5.32 Å². The minimum Gasteiger partial charge on any atom is -0.378 e. The molecule has 136 valence electrons. The maximum atomic E-state index is 12.7. The van der Waals surface area contributed by atoms with Crippen molar-refractivity contribution in [3.05, 3.63) is 105 Å². The number of hydrogen-bond donors (Lipinski definition) is 1. The van der Waals surface area contributed by atoms with Gasteiger partial charge < -0.3 is 5.32 Å². The zero-order chi connectivity index (χ0) is 19.2. The molecule has 0 aliphatic carbocycles. The van der Waals surface area contributed by atoms with Crippen LogP contribution in [0.2, 0.25) is 0 Å². The fourth-order valence-corrected chi connectivity index (χ4v) is 3.20. The maximum Gasteiger partial charge on any atom is 0.269 e. The fraction of sp³-hybridized carbons (Fsp3) is 0.0952. The summed E-state index contributed by atoms with van der Waals surface area (Å²) in [5.74, 6) is 0.0231. The van der Waals surface area contributed by atoms with Crippen molar-refractivity contribution in [3.63, 3.8) is 0 Å². The van der Waals surface area contributed by atoms with Crippen molar-refractivity contribution in [1.82, 2.24) is 0 Å². The molecule has 0 aliphatic heterocycles. The van der Waals surface area contributed by atoms with E-state index in [4.69, 9.17) is 0 Å². The average Bonchev–Trinajstić information content (AvgIpc) is 2.68. The van der Waals surface area contributed by atoms with Crippen molar-refractivity contribution in [3.8, 4) is 0 Å². The first kappa shape index (κ1) is 18.8. The van der Waals surface area contributed by atoms with Crippen molar-refractivity contribution in [2.24, 2.45) is 0 Å². The first-order valence-corrected chi connectivity index (χ1v) is 9.17. The Kier molecular flexibility index (Phi) is 5.98. The van der Waals surface area contributed by atoms with Gasteiger partial charge in [0.1, 0.15) is 0 Å². The Labute approximate surface area is 165 Å². The third kappa shape index (κ3) is 5.01. The van der Waals surface area contributed by atoms with E-state index in [9.17, 15) is 14.9 Å². The number of anilines is 1. The van der Waals surface area contributed by atoms with Crippen molar-refractivity contribution in [1.29, 1.82) is 0 Å². The Morgan fingerprint density at radius 3 is 2.33 bits per heavy atom. The van der Waals surface area contributed by atoms with Gasteiger partial charge in [0.25, 0.3) is 5.69 Å². The van der Waals surface area contributed by atoms with Gasteiger partial charge in [0, 0.05) is 34.3 Å². The van der Waals surface area contributed by atoms with Gasteiger partial charge in [-0.3, -0.25) is 14.9 Å². The van der Waals surface area contributed by atoms with Crippen LogP contribution in [0.5, 0.6) is 0 Å². The molecule has 6 heteroatoms. The molecule has 1 atom stereocenters. The van der Waals surface area contributed by atoms with Crippen molar-refractivity contribution >= 4 is 33.1 Å². The van der Waals surface area contributed by atoms with Crippen LogP contribution in [-0.4, -0.2) is 10.7 Å². The summed E-state index contributed by atoms with van der Waals surface area (Å²) in [6, 6.07) is 22.8. The molecule has 1 N–H and O–H groups in total. The van der Waals surface area contributed by atoms with Crippen LogP contribution in [0.4, 0.5) is 11.4 Å². The second kappa shape index (κ2) is 8.60. The third-order valence-electron chi connectivity index (χ3n) is 4.16. The number of nitro benzene ring substituents is 1. The molecule has 0 saturated heterocycles. The Morgan fingerprint density at radius 1 is 1.00 bits per heavy atom. The summed E-state index contributed by atoms with van der Waals surface area (Å²) in [7, 11) is 0. The predicted octanol–water partition coefficient (Wildman–Crippen LogP) is 5.78. The first-order valence-electron chi connectivity index (χ1n) is 8.37. The summed E-state index contributed by atoms with van der Waals surface area (Å²) in [6.07, 6.45) is 0.261. The molecule has 5 nitrogen and oxygen atoms in total. The van der Waals surface area contributed by atoms with Gasteiger partial charge in [0.15, 0.2) is 5.78 Å². The summed E-state index contributed by atoms with van der Waals surface area (Å²) < 4.78 is 0.919. The Hall–Kier alpha value is -2.99. The number of nitrogens with one attached hydrogen (secondary N) is 1. The highest BCUT2D eigenvalue weighted by Crippen LogP contribution is 2.27. The highest BCUT2D eigenvalue weighted by molar-refractivity contribution is 9.10. The van der Waals surface area contributed by atoms with Gasteiger partial charge in [-0.15, -0.1) is 0 Å². The molecule has 1 unspecified atom stereocenters. The summed E-state index contributed by atoms with van der Waals surface area (Å²) in [5, 5.41) is 14.2. The van der Waals surface area contributed by atoms with Crippen LogP contribution in [0, 0.1) is 10.1 Å². The molecule has 0 saturated carbocycles. The standard InChI is InChI=1S/C21H17BrN2O3/c22-17-8-4-7-16(13-17)20(14-21(25)15-5-2-1-3-6-15)23-18-9-11-19(12-10-18)24(26)27/h1-13,20,23H,14H2. The number of rotatable bonds is 7. The van der Waals surface area contributed by atoms with Gasteiger partial charge in [-0.2, -0.15) is 0 Å². The summed E-state index contributed by atoms with van der Waals surface area (Å²) >= 11 is 3.46. The van der Waals surface area contributed by atoms with Gasteiger partial charge >= 0.3 is 0 Å². The maximum absolute atomic E-state index is 12.7. The number of ketones is 1. The Balaban J connectivity index is 1.85. The molecule has 3 aromatic carbocycles. The van der Waals surface area contributed by atoms with Gasteiger partial charge in [-0.05, 0) is 29.8 Å². The van der Waals surface area contributed by atoms with E-state index in [0.717, 1.165) is 10.0 Å². The molecule has 0 aromatic heterocycles. The fourth-order valence-electron chi connectivity index (χ4n) is 2.78. The normalized spacial score (nSPS) is 11.6. The molecule has 0 amide bonds. The van der Waals surface area contributed by atoms with E-state index in [1.165, 1.54) is 12.1 Å². The van der Waals surface area contributed by atoms with E-state index >= 15 is 0 Å². The molecule has 0 aliphatic rings. The van der Waals surface area contributed by atoms with E-state index in [1.54, 1.807) is 24.3 Å². The van der Waals surface area contributed by atoms with Gasteiger partial charge in [-0.1, -0.05) is 58.4 Å². The van der Waals surface area contributed by atoms with Crippen molar-refractivity contribution in [2.75, 3.05) is 5.32 Å². The van der Waals surface area contributed by atoms with Crippen LogP contribution in [0.1, 0.15) is 28.4 Å². The number of halogens is 1.